The molecule has 0 spiro atoms. The van der Waals surface area contributed by atoms with E-state index in [0.717, 1.165) is 21.9 Å². The van der Waals surface area contributed by atoms with Crippen molar-refractivity contribution in [1.82, 2.24) is 9.55 Å². The van der Waals surface area contributed by atoms with E-state index in [9.17, 15) is 4.79 Å². The van der Waals surface area contributed by atoms with Crippen LogP contribution in [0.5, 0.6) is 5.75 Å². The predicted octanol–water partition coefficient (Wildman–Crippen LogP) is 5.59. The van der Waals surface area contributed by atoms with Crippen LogP contribution in [-0.2, 0) is 11.3 Å². The second kappa shape index (κ2) is 9.22. The molecule has 1 N–H and O–H groups in total. The Morgan fingerprint density at radius 1 is 1.13 bits per heavy atom. The second-order valence-corrected chi connectivity index (χ2v) is 8.11. The molecule has 0 saturated carbocycles. The molecule has 0 radical (unpaired) electrons. The molecule has 154 valence electrons. The van der Waals surface area contributed by atoms with Crippen molar-refractivity contribution < 1.29 is 14.6 Å². The molecule has 1 heterocycles. The summed E-state index contributed by atoms with van der Waals surface area (Å²) in [5.41, 5.74) is 3.17. The molecule has 0 atom stereocenters. The predicted molar refractivity (Wildman–Crippen MR) is 122 cm³/mol. The van der Waals surface area contributed by atoms with Gasteiger partial charge in [-0.25, -0.2) is 4.98 Å². The lowest BCUT2D eigenvalue weighted by Gasteiger charge is -2.12. The highest BCUT2D eigenvalue weighted by Gasteiger charge is 2.14. The van der Waals surface area contributed by atoms with Gasteiger partial charge in [0.25, 0.3) is 0 Å². The number of hydrogen-bond acceptors (Lipinski definition) is 4. The number of aromatic nitrogens is 2. The smallest absolute Gasteiger partial charge is 0.303 e. The molecule has 0 amide bonds. The lowest BCUT2D eigenvalue weighted by Crippen LogP contribution is -2.03. The molecule has 30 heavy (non-hydrogen) atoms. The molecule has 4 aromatic rings. The van der Waals surface area contributed by atoms with Gasteiger partial charge in [-0.05, 0) is 41.8 Å². The van der Waals surface area contributed by atoms with Gasteiger partial charge in [-0.2, -0.15) is 0 Å². The molecule has 0 aliphatic carbocycles. The Bertz CT molecular complexity index is 1180. The zero-order valence-electron chi connectivity index (χ0n) is 16.9. The molecule has 6 heteroatoms. The molecule has 0 aliphatic rings. The first-order valence-corrected chi connectivity index (χ1v) is 11.1. The Kier molecular flexibility index (Phi) is 6.23. The summed E-state index contributed by atoms with van der Waals surface area (Å²) in [5, 5.41) is 12.3. The maximum atomic E-state index is 10.8. The van der Waals surface area contributed by atoms with Crippen LogP contribution in [-0.4, -0.2) is 33.0 Å². The van der Waals surface area contributed by atoms with Gasteiger partial charge in [-0.3, -0.25) is 4.79 Å². The summed E-state index contributed by atoms with van der Waals surface area (Å²) in [6.45, 7) is 3.28. The minimum atomic E-state index is -0.763. The molecule has 0 fully saturated rings. The van der Waals surface area contributed by atoms with Gasteiger partial charge in [-0.15, -0.1) is 0 Å². The zero-order chi connectivity index (χ0) is 20.9. The number of carboxylic acid groups (broad SMARTS) is 1. The Morgan fingerprint density at radius 3 is 2.80 bits per heavy atom. The fraction of sp³-hybridized carbons (Fsp3) is 0.250. The van der Waals surface area contributed by atoms with Crippen LogP contribution in [0.1, 0.15) is 25.3 Å². The largest absolute Gasteiger partial charge is 0.494 e. The third-order valence-corrected chi connectivity index (χ3v) is 6.03. The minimum Gasteiger partial charge on any atom is -0.494 e. The van der Waals surface area contributed by atoms with Gasteiger partial charge < -0.3 is 14.4 Å². The summed E-state index contributed by atoms with van der Waals surface area (Å²) in [4.78, 5) is 15.7. The van der Waals surface area contributed by atoms with E-state index >= 15 is 0 Å². The molecule has 4 rings (SSSR count). The van der Waals surface area contributed by atoms with Crippen molar-refractivity contribution in [3.05, 3.63) is 66.2 Å². The highest BCUT2D eigenvalue weighted by atomic mass is 32.2. The average molecular weight is 421 g/mol. The van der Waals surface area contributed by atoms with Crippen molar-refractivity contribution in [3.8, 4) is 5.75 Å². The van der Waals surface area contributed by atoms with E-state index in [1.54, 1.807) is 11.8 Å². The normalized spacial score (nSPS) is 11.2. The van der Waals surface area contributed by atoms with E-state index in [4.69, 9.17) is 14.8 Å². The van der Waals surface area contributed by atoms with Gasteiger partial charge in [-0.1, -0.05) is 54.2 Å². The number of hydrogen-bond donors (Lipinski definition) is 1. The summed E-state index contributed by atoms with van der Waals surface area (Å²) in [7, 11) is 0. The van der Waals surface area contributed by atoms with E-state index in [0.29, 0.717) is 25.3 Å². The lowest BCUT2D eigenvalue weighted by molar-refractivity contribution is -0.137. The van der Waals surface area contributed by atoms with Gasteiger partial charge in [0.2, 0.25) is 0 Å². The number of thioether (sulfide) groups is 1. The number of aliphatic carboxylic acids is 1. The van der Waals surface area contributed by atoms with Crippen LogP contribution in [0.2, 0.25) is 0 Å². The van der Waals surface area contributed by atoms with Crippen LogP contribution >= 0.6 is 11.8 Å². The van der Waals surface area contributed by atoms with Crippen LogP contribution in [0.4, 0.5) is 0 Å². The van der Waals surface area contributed by atoms with E-state index in [-0.39, 0.29) is 6.42 Å². The second-order valence-electron chi connectivity index (χ2n) is 7.05. The van der Waals surface area contributed by atoms with Gasteiger partial charge in [0.1, 0.15) is 5.75 Å². The third-order valence-electron chi connectivity index (χ3n) is 4.97. The highest BCUT2D eigenvalue weighted by molar-refractivity contribution is 7.99. The summed E-state index contributed by atoms with van der Waals surface area (Å²) in [6.07, 6.45) is 0.784. The van der Waals surface area contributed by atoms with Crippen LogP contribution in [0.3, 0.4) is 0 Å². The standard InChI is InChI=1S/C24H24N2O3S/c1-2-29-19-12-13-22-21(15-19)25-24(30-14-6-11-23(27)28)26(22)16-18-9-5-8-17-7-3-4-10-20(17)18/h3-5,7-10,12-13,15H,2,6,11,14,16H2,1H3,(H,27,28). The van der Waals surface area contributed by atoms with Crippen molar-refractivity contribution >= 4 is 39.5 Å². The first-order chi connectivity index (χ1) is 14.7. The summed E-state index contributed by atoms with van der Waals surface area (Å²) in [6, 6.07) is 20.8. The van der Waals surface area contributed by atoms with Crippen LogP contribution < -0.4 is 4.74 Å². The van der Waals surface area contributed by atoms with Crippen molar-refractivity contribution in [2.24, 2.45) is 0 Å². The summed E-state index contributed by atoms with van der Waals surface area (Å²) in [5.74, 6) is 0.757. The van der Waals surface area contributed by atoms with Crippen LogP contribution in [0.25, 0.3) is 21.8 Å². The quantitative estimate of drug-likeness (QED) is 0.282. The Labute approximate surface area is 179 Å². The fourth-order valence-corrected chi connectivity index (χ4v) is 4.55. The van der Waals surface area contributed by atoms with Crippen LogP contribution in [0, 0.1) is 0 Å². The first kappa shape index (κ1) is 20.3. The molecule has 0 bridgehead atoms. The lowest BCUT2D eigenvalue weighted by atomic mass is 10.0. The molecular weight excluding hydrogens is 396 g/mol. The number of rotatable bonds is 9. The Balaban J connectivity index is 1.71. The van der Waals surface area contributed by atoms with Gasteiger partial charge in [0.05, 0.1) is 24.2 Å². The third kappa shape index (κ3) is 4.44. The number of fused-ring (bicyclic) bond motifs is 2. The maximum absolute atomic E-state index is 10.8. The van der Waals surface area contributed by atoms with E-state index in [1.807, 2.05) is 19.1 Å². The van der Waals surface area contributed by atoms with E-state index < -0.39 is 5.97 Å². The first-order valence-electron chi connectivity index (χ1n) is 10.1. The van der Waals surface area contributed by atoms with Gasteiger partial charge >= 0.3 is 5.97 Å². The SMILES string of the molecule is CCOc1ccc2c(c1)nc(SCCCC(=O)O)n2Cc1cccc2ccccc12. The number of carboxylic acids is 1. The molecule has 5 nitrogen and oxygen atoms in total. The number of benzene rings is 3. The Morgan fingerprint density at radius 2 is 1.97 bits per heavy atom. The molecule has 0 saturated heterocycles. The van der Waals surface area contributed by atoms with Crippen LogP contribution in [0.15, 0.2) is 65.8 Å². The topological polar surface area (TPSA) is 64.3 Å². The minimum absolute atomic E-state index is 0.172. The maximum Gasteiger partial charge on any atom is 0.303 e. The van der Waals surface area contributed by atoms with Gasteiger partial charge in [0.15, 0.2) is 5.16 Å². The number of nitrogens with zero attached hydrogens (tertiary/aromatic N) is 2. The molecule has 0 unspecified atom stereocenters. The Hall–Kier alpha value is -2.99. The molecular formula is C24H24N2O3S. The summed E-state index contributed by atoms with van der Waals surface area (Å²) < 4.78 is 7.86. The molecule has 3 aromatic carbocycles. The summed E-state index contributed by atoms with van der Waals surface area (Å²) >= 11 is 1.61. The fourth-order valence-electron chi connectivity index (χ4n) is 3.59. The number of imidazole rings is 1. The van der Waals surface area contributed by atoms with E-state index in [1.165, 1.54) is 16.3 Å². The van der Waals surface area contributed by atoms with Crippen molar-refractivity contribution in [3.63, 3.8) is 0 Å². The van der Waals surface area contributed by atoms with Crippen molar-refractivity contribution in [2.45, 2.75) is 31.5 Å². The van der Waals surface area contributed by atoms with E-state index in [2.05, 4.69) is 53.1 Å². The van der Waals surface area contributed by atoms with Crippen molar-refractivity contribution in [1.29, 1.82) is 0 Å². The highest BCUT2D eigenvalue weighted by Crippen LogP contribution is 2.30. The molecule has 0 aliphatic heterocycles. The van der Waals surface area contributed by atoms with Crippen molar-refractivity contribution in [2.75, 3.05) is 12.4 Å². The number of carbonyl (C=O) groups is 1. The zero-order valence-corrected chi connectivity index (χ0v) is 17.7. The van der Waals surface area contributed by atoms with Gasteiger partial charge in [0, 0.05) is 18.2 Å². The number of ether oxygens (including phenoxy) is 1. The molecule has 1 aromatic heterocycles. The average Bonchev–Trinajstić information content (AvgIpc) is 3.08. The monoisotopic (exact) mass is 420 g/mol.